The molecule has 2 heterocycles. The van der Waals surface area contributed by atoms with Gasteiger partial charge in [-0.05, 0) is 31.0 Å². The molecule has 0 aliphatic heterocycles. The summed E-state index contributed by atoms with van der Waals surface area (Å²) in [7, 11) is 0. The Hall–Kier alpha value is -1.90. The molecule has 0 saturated heterocycles. The van der Waals surface area contributed by atoms with Crippen molar-refractivity contribution in [2.45, 2.75) is 13.3 Å². The zero-order valence-corrected chi connectivity index (χ0v) is 8.40. The largest absolute Gasteiger partial charge is 0.268 e. The minimum absolute atomic E-state index is 0.0313. The fourth-order valence-corrected chi connectivity index (χ4v) is 1.91. The van der Waals surface area contributed by atoms with E-state index in [2.05, 4.69) is 4.98 Å². The molecule has 0 aromatic carbocycles. The van der Waals surface area contributed by atoms with Gasteiger partial charge in [0.25, 0.3) is 5.56 Å². The molecule has 0 fully saturated rings. The maximum atomic E-state index is 12.0. The van der Waals surface area contributed by atoms with Gasteiger partial charge >= 0.3 is 0 Å². The molecular formula is C12H10N2O. The summed E-state index contributed by atoms with van der Waals surface area (Å²) < 4.78 is 1.60. The van der Waals surface area contributed by atoms with Crippen LogP contribution in [0.5, 0.6) is 0 Å². The van der Waals surface area contributed by atoms with Gasteiger partial charge in [-0.1, -0.05) is 12.2 Å². The third-order valence-corrected chi connectivity index (χ3v) is 2.68. The summed E-state index contributed by atoms with van der Waals surface area (Å²) in [6.45, 7) is 2.00. The van der Waals surface area contributed by atoms with Crippen molar-refractivity contribution in [2.24, 2.45) is 0 Å². The summed E-state index contributed by atoms with van der Waals surface area (Å²) in [5.74, 6) is 0. The Morgan fingerprint density at radius 1 is 1.40 bits per heavy atom. The number of aromatic nitrogens is 2. The van der Waals surface area contributed by atoms with Gasteiger partial charge in [0.05, 0.1) is 10.6 Å². The maximum absolute atomic E-state index is 12.0. The molecule has 2 aromatic rings. The third kappa shape index (κ3) is 1.13. The van der Waals surface area contributed by atoms with Crippen molar-refractivity contribution >= 4 is 17.8 Å². The summed E-state index contributed by atoms with van der Waals surface area (Å²) in [6, 6.07) is 3.84. The Morgan fingerprint density at radius 3 is 3.13 bits per heavy atom. The van der Waals surface area contributed by atoms with E-state index in [4.69, 9.17) is 0 Å². The van der Waals surface area contributed by atoms with Gasteiger partial charge in [-0.2, -0.15) is 0 Å². The number of nitrogens with zero attached hydrogens (tertiary/aromatic N) is 2. The minimum Gasteiger partial charge on any atom is -0.268 e. The number of fused-ring (bicyclic) bond motifs is 2. The van der Waals surface area contributed by atoms with Crippen molar-refractivity contribution in [3.05, 3.63) is 44.8 Å². The van der Waals surface area contributed by atoms with Crippen molar-refractivity contribution in [1.29, 1.82) is 0 Å². The quantitative estimate of drug-likeness (QED) is 0.595. The average molecular weight is 198 g/mol. The highest BCUT2D eigenvalue weighted by atomic mass is 16.1. The lowest BCUT2D eigenvalue weighted by Gasteiger charge is -2.00. The fourth-order valence-electron chi connectivity index (χ4n) is 1.91. The number of pyridine rings is 1. The molecule has 1 aliphatic rings. The maximum Gasteiger partial charge on any atom is 0.265 e. The average Bonchev–Trinajstić information content (AvgIpc) is 2.65. The Morgan fingerprint density at radius 2 is 2.27 bits per heavy atom. The van der Waals surface area contributed by atoms with Crippen LogP contribution in [-0.4, -0.2) is 9.38 Å². The van der Waals surface area contributed by atoms with Crippen LogP contribution in [0.1, 0.15) is 12.0 Å². The molecule has 3 nitrogen and oxygen atoms in total. The monoisotopic (exact) mass is 198 g/mol. The van der Waals surface area contributed by atoms with E-state index in [0.29, 0.717) is 0 Å². The molecule has 15 heavy (non-hydrogen) atoms. The first-order valence-corrected chi connectivity index (χ1v) is 4.95. The van der Waals surface area contributed by atoms with E-state index in [0.717, 1.165) is 28.2 Å². The van der Waals surface area contributed by atoms with Crippen molar-refractivity contribution in [3.63, 3.8) is 0 Å². The van der Waals surface area contributed by atoms with Gasteiger partial charge in [-0.25, -0.2) is 4.98 Å². The van der Waals surface area contributed by atoms with Gasteiger partial charge in [0.1, 0.15) is 5.65 Å². The Kier molecular flexibility index (Phi) is 1.57. The lowest BCUT2D eigenvalue weighted by Crippen LogP contribution is -2.43. The second-order valence-corrected chi connectivity index (χ2v) is 3.79. The highest BCUT2D eigenvalue weighted by Crippen LogP contribution is 1.99. The summed E-state index contributed by atoms with van der Waals surface area (Å²) >= 11 is 0. The van der Waals surface area contributed by atoms with E-state index in [1.54, 1.807) is 10.6 Å². The van der Waals surface area contributed by atoms with E-state index in [1.165, 1.54) is 0 Å². The van der Waals surface area contributed by atoms with Gasteiger partial charge in [0.15, 0.2) is 0 Å². The predicted molar refractivity (Wildman–Crippen MR) is 59.0 cm³/mol. The second-order valence-electron chi connectivity index (χ2n) is 3.79. The van der Waals surface area contributed by atoms with Crippen LogP contribution in [-0.2, 0) is 0 Å². The fraction of sp³-hybridized carbons (Fsp3) is 0.167. The van der Waals surface area contributed by atoms with Crippen molar-refractivity contribution in [2.75, 3.05) is 0 Å². The smallest absolute Gasteiger partial charge is 0.265 e. The standard InChI is InChI=1S/C12H10N2O/c1-8-5-6-14-11(7-8)13-10-4-2-3-9(10)12(14)15/h3-7H,2H2,1H3. The van der Waals surface area contributed by atoms with E-state index >= 15 is 0 Å². The first kappa shape index (κ1) is 8.41. The van der Waals surface area contributed by atoms with Gasteiger partial charge < -0.3 is 0 Å². The van der Waals surface area contributed by atoms with Crippen LogP contribution in [0.25, 0.3) is 17.8 Å². The van der Waals surface area contributed by atoms with Crippen LogP contribution in [0, 0.1) is 6.92 Å². The molecule has 0 spiro atoms. The SMILES string of the molecule is Cc1ccn2c(=O)c3c(nc2c1)=CCC=3. The molecular weight excluding hydrogens is 188 g/mol. The summed E-state index contributed by atoms with van der Waals surface area (Å²) in [5.41, 5.74) is 1.87. The van der Waals surface area contributed by atoms with Gasteiger partial charge in [0.2, 0.25) is 0 Å². The molecule has 74 valence electrons. The van der Waals surface area contributed by atoms with Crippen LogP contribution in [0.4, 0.5) is 0 Å². The Labute approximate surface area is 86.0 Å². The van der Waals surface area contributed by atoms with Gasteiger partial charge in [-0.15, -0.1) is 0 Å². The number of aryl methyl sites for hydroxylation is 1. The first-order valence-electron chi connectivity index (χ1n) is 4.95. The van der Waals surface area contributed by atoms with E-state index < -0.39 is 0 Å². The van der Waals surface area contributed by atoms with Crippen molar-refractivity contribution in [1.82, 2.24) is 9.38 Å². The topological polar surface area (TPSA) is 34.4 Å². The van der Waals surface area contributed by atoms with Crippen LogP contribution >= 0.6 is 0 Å². The van der Waals surface area contributed by atoms with E-state index in [9.17, 15) is 4.79 Å². The van der Waals surface area contributed by atoms with E-state index in [1.807, 2.05) is 31.2 Å². The predicted octanol–water partition coefficient (Wildman–Crippen LogP) is -0.0324. The van der Waals surface area contributed by atoms with Crippen LogP contribution in [0.15, 0.2) is 23.1 Å². The molecule has 0 radical (unpaired) electrons. The number of hydrogen-bond donors (Lipinski definition) is 0. The highest BCUT2D eigenvalue weighted by molar-refractivity contribution is 5.48. The Bertz CT molecular complexity index is 726. The Balaban J connectivity index is 2.65. The van der Waals surface area contributed by atoms with Crippen LogP contribution in [0.2, 0.25) is 0 Å². The normalized spacial score (nSPS) is 13.4. The molecule has 3 rings (SSSR count). The first-order chi connectivity index (χ1) is 7.25. The zero-order chi connectivity index (χ0) is 10.4. The van der Waals surface area contributed by atoms with Crippen LogP contribution < -0.4 is 16.1 Å². The van der Waals surface area contributed by atoms with Crippen molar-refractivity contribution < 1.29 is 0 Å². The number of rotatable bonds is 0. The van der Waals surface area contributed by atoms with E-state index in [-0.39, 0.29) is 5.56 Å². The lowest BCUT2D eigenvalue weighted by molar-refractivity contribution is 1.00. The molecule has 0 saturated carbocycles. The second kappa shape index (κ2) is 2.79. The highest BCUT2D eigenvalue weighted by Gasteiger charge is 2.04. The molecule has 0 N–H and O–H groups in total. The molecule has 0 unspecified atom stereocenters. The molecule has 3 heteroatoms. The molecule has 0 atom stereocenters. The third-order valence-electron chi connectivity index (χ3n) is 2.68. The van der Waals surface area contributed by atoms with Gasteiger partial charge in [0, 0.05) is 6.20 Å². The zero-order valence-electron chi connectivity index (χ0n) is 8.40. The molecule has 1 aliphatic carbocycles. The van der Waals surface area contributed by atoms with Crippen LogP contribution in [0.3, 0.4) is 0 Å². The summed E-state index contributed by atoms with van der Waals surface area (Å²) in [4.78, 5) is 16.5. The molecule has 2 aromatic heterocycles. The molecule has 0 amide bonds. The van der Waals surface area contributed by atoms with Gasteiger partial charge in [-0.3, -0.25) is 9.20 Å². The molecule has 0 bridgehead atoms. The summed E-state index contributed by atoms with van der Waals surface area (Å²) in [5, 5.41) is 1.56. The number of hydrogen-bond acceptors (Lipinski definition) is 2. The minimum atomic E-state index is 0.0313. The summed E-state index contributed by atoms with van der Waals surface area (Å²) in [6.07, 6.45) is 6.51. The van der Waals surface area contributed by atoms with Crippen molar-refractivity contribution in [3.8, 4) is 0 Å². The lowest BCUT2D eigenvalue weighted by atomic mass is 10.3.